The Morgan fingerprint density at radius 2 is 2.43 bits per heavy atom. The third-order valence-corrected chi connectivity index (χ3v) is 1.65. The maximum atomic E-state index is 11.3. The number of aryl methyl sites for hydroxylation is 1. The summed E-state index contributed by atoms with van der Waals surface area (Å²) in [6, 6.07) is 1.37. The van der Waals surface area contributed by atoms with Gasteiger partial charge in [0.1, 0.15) is 5.56 Å². The second-order valence-electron chi connectivity index (χ2n) is 2.78. The molecule has 0 aliphatic carbocycles. The molecule has 1 aromatic heterocycles. The summed E-state index contributed by atoms with van der Waals surface area (Å²) in [5.74, 6) is 1.80. The van der Waals surface area contributed by atoms with Crippen LogP contribution in [0.25, 0.3) is 0 Å². The predicted molar refractivity (Wildman–Crippen MR) is 53.0 cm³/mol. The zero-order chi connectivity index (χ0) is 10.6. The average molecular weight is 190 g/mol. The fourth-order valence-electron chi connectivity index (χ4n) is 0.977. The SMILES string of the molecule is C#CCNC(=O)c1c[nH]c(C)cc1=O. The van der Waals surface area contributed by atoms with Gasteiger partial charge in [-0.25, -0.2) is 0 Å². The maximum absolute atomic E-state index is 11.3. The quantitative estimate of drug-likeness (QED) is 0.647. The molecule has 4 heteroatoms. The van der Waals surface area contributed by atoms with Crippen molar-refractivity contribution in [2.24, 2.45) is 0 Å². The molecule has 0 saturated carbocycles. The highest BCUT2D eigenvalue weighted by Gasteiger charge is 2.08. The first-order valence-corrected chi connectivity index (χ1v) is 4.06. The lowest BCUT2D eigenvalue weighted by Crippen LogP contribution is -2.28. The Morgan fingerprint density at radius 3 is 3.00 bits per heavy atom. The first-order valence-electron chi connectivity index (χ1n) is 4.06. The van der Waals surface area contributed by atoms with E-state index in [0.717, 1.165) is 0 Å². The molecule has 0 fully saturated rings. The van der Waals surface area contributed by atoms with E-state index in [2.05, 4.69) is 16.2 Å². The molecule has 0 spiro atoms. The van der Waals surface area contributed by atoms with Crippen LogP contribution in [0.1, 0.15) is 16.1 Å². The first kappa shape index (κ1) is 10.1. The summed E-state index contributed by atoms with van der Waals surface area (Å²) in [6.45, 7) is 1.86. The summed E-state index contributed by atoms with van der Waals surface area (Å²) in [5, 5.41) is 2.41. The van der Waals surface area contributed by atoms with E-state index >= 15 is 0 Å². The molecule has 1 heterocycles. The fraction of sp³-hybridized carbons (Fsp3) is 0.200. The van der Waals surface area contributed by atoms with E-state index in [4.69, 9.17) is 6.42 Å². The summed E-state index contributed by atoms with van der Waals surface area (Å²) in [4.78, 5) is 25.4. The molecule has 1 aromatic rings. The van der Waals surface area contributed by atoms with Crippen molar-refractivity contribution in [3.63, 3.8) is 0 Å². The minimum Gasteiger partial charge on any atom is -0.364 e. The van der Waals surface area contributed by atoms with Gasteiger partial charge in [0.25, 0.3) is 5.91 Å². The Labute approximate surface area is 81.3 Å². The average Bonchev–Trinajstić information content (AvgIpc) is 2.14. The third kappa shape index (κ3) is 2.23. The summed E-state index contributed by atoms with van der Waals surface area (Å²) in [6.07, 6.45) is 6.34. The minimum absolute atomic E-state index is 0.0749. The standard InChI is InChI=1S/C10H10N2O2/c1-3-4-11-10(14)8-6-12-7(2)5-9(8)13/h1,5-6H,4H2,2H3,(H,11,14)(H,12,13). The molecule has 4 nitrogen and oxygen atoms in total. The smallest absolute Gasteiger partial charge is 0.257 e. The van der Waals surface area contributed by atoms with E-state index < -0.39 is 5.91 Å². The number of hydrogen-bond donors (Lipinski definition) is 2. The van der Waals surface area contributed by atoms with Gasteiger partial charge in [0, 0.05) is 18.0 Å². The molecular weight excluding hydrogens is 180 g/mol. The van der Waals surface area contributed by atoms with Gasteiger partial charge in [-0.05, 0) is 6.92 Å². The van der Waals surface area contributed by atoms with Gasteiger partial charge in [0.05, 0.1) is 6.54 Å². The topological polar surface area (TPSA) is 62.0 Å². The van der Waals surface area contributed by atoms with Crippen LogP contribution in [0.2, 0.25) is 0 Å². The number of hydrogen-bond acceptors (Lipinski definition) is 2. The summed E-state index contributed by atoms with van der Waals surface area (Å²) in [5.41, 5.74) is 0.477. The number of aromatic amines is 1. The number of terminal acetylenes is 1. The normalized spacial score (nSPS) is 9.14. The third-order valence-electron chi connectivity index (χ3n) is 1.65. The number of carbonyl (C=O) groups excluding carboxylic acids is 1. The van der Waals surface area contributed by atoms with Gasteiger partial charge in [-0.15, -0.1) is 6.42 Å². The number of nitrogens with one attached hydrogen (secondary N) is 2. The van der Waals surface area contributed by atoms with Crippen molar-refractivity contribution in [1.29, 1.82) is 0 Å². The highest BCUT2D eigenvalue weighted by Crippen LogP contribution is 1.91. The van der Waals surface area contributed by atoms with Crippen LogP contribution in [0.3, 0.4) is 0 Å². The van der Waals surface area contributed by atoms with Crippen LogP contribution in [-0.2, 0) is 0 Å². The second kappa shape index (κ2) is 4.28. The van der Waals surface area contributed by atoms with Crippen LogP contribution in [0.5, 0.6) is 0 Å². The van der Waals surface area contributed by atoms with Crippen LogP contribution < -0.4 is 10.7 Å². The zero-order valence-electron chi connectivity index (χ0n) is 7.76. The molecule has 1 rings (SSSR count). The van der Waals surface area contributed by atoms with Crippen LogP contribution in [0.4, 0.5) is 0 Å². The van der Waals surface area contributed by atoms with Crippen LogP contribution >= 0.6 is 0 Å². The van der Waals surface area contributed by atoms with Crippen molar-refractivity contribution < 1.29 is 4.79 Å². The van der Waals surface area contributed by atoms with Gasteiger partial charge in [0.15, 0.2) is 5.43 Å². The van der Waals surface area contributed by atoms with Gasteiger partial charge >= 0.3 is 0 Å². The van der Waals surface area contributed by atoms with Gasteiger partial charge in [-0.3, -0.25) is 9.59 Å². The number of pyridine rings is 1. The number of carbonyl (C=O) groups is 1. The molecule has 0 atom stereocenters. The van der Waals surface area contributed by atoms with Crippen molar-refractivity contribution in [1.82, 2.24) is 10.3 Å². The van der Waals surface area contributed by atoms with E-state index in [1.165, 1.54) is 12.3 Å². The Balaban J connectivity index is 2.92. The van der Waals surface area contributed by atoms with Crippen LogP contribution in [-0.4, -0.2) is 17.4 Å². The largest absolute Gasteiger partial charge is 0.364 e. The van der Waals surface area contributed by atoms with E-state index in [-0.39, 0.29) is 17.5 Å². The lowest BCUT2D eigenvalue weighted by molar-refractivity contribution is 0.0957. The molecule has 2 N–H and O–H groups in total. The number of rotatable bonds is 2. The number of H-pyrrole nitrogens is 1. The summed E-state index contributed by atoms with van der Waals surface area (Å²) >= 11 is 0. The van der Waals surface area contributed by atoms with E-state index in [1.54, 1.807) is 6.92 Å². The van der Waals surface area contributed by atoms with Crippen molar-refractivity contribution in [3.8, 4) is 12.3 Å². The van der Waals surface area contributed by atoms with Crippen molar-refractivity contribution >= 4 is 5.91 Å². The first-order chi connectivity index (χ1) is 6.65. The molecule has 0 aliphatic rings. The lowest BCUT2D eigenvalue weighted by Gasteiger charge is -2.00. The maximum Gasteiger partial charge on any atom is 0.257 e. The molecule has 0 saturated heterocycles. The highest BCUT2D eigenvalue weighted by molar-refractivity contribution is 5.93. The predicted octanol–water partition coefficient (Wildman–Crippen LogP) is 0.0463. The molecule has 1 amide bonds. The Bertz CT molecular complexity index is 440. The molecule has 0 bridgehead atoms. The molecule has 0 aliphatic heterocycles. The number of aromatic nitrogens is 1. The zero-order valence-corrected chi connectivity index (χ0v) is 7.76. The van der Waals surface area contributed by atoms with Crippen LogP contribution in [0.15, 0.2) is 17.1 Å². The Hall–Kier alpha value is -2.02. The van der Waals surface area contributed by atoms with E-state index in [9.17, 15) is 9.59 Å². The molecule has 0 radical (unpaired) electrons. The van der Waals surface area contributed by atoms with Crippen molar-refractivity contribution in [2.75, 3.05) is 6.54 Å². The molecule has 72 valence electrons. The minimum atomic E-state index is -0.454. The van der Waals surface area contributed by atoms with Crippen molar-refractivity contribution in [3.05, 3.63) is 33.7 Å². The molecular formula is C10H10N2O2. The Kier molecular flexibility index (Phi) is 3.08. The fourth-order valence-corrected chi connectivity index (χ4v) is 0.977. The summed E-state index contributed by atoms with van der Waals surface area (Å²) < 4.78 is 0. The monoisotopic (exact) mass is 190 g/mol. The van der Waals surface area contributed by atoms with Gasteiger partial charge in [-0.1, -0.05) is 5.92 Å². The van der Waals surface area contributed by atoms with Gasteiger partial charge in [0.2, 0.25) is 0 Å². The molecule has 0 unspecified atom stereocenters. The molecule has 0 aromatic carbocycles. The van der Waals surface area contributed by atoms with Crippen molar-refractivity contribution in [2.45, 2.75) is 6.92 Å². The highest BCUT2D eigenvalue weighted by atomic mass is 16.2. The summed E-state index contributed by atoms with van der Waals surface area (Å²) in [7, 11) is 0. The van der Waals surface area contributed by atoms with E-state index in [1.807, 2.05) is 0 Å². The molecule has 14 heavy (non-hydrogen) atoms. The number of amides is 1. The van der Waals surface area contributed by atoms with Gasteiger partial charge in [-0.2, -0.15) is 0 Å². The lowest BCUT2D eigenvalue weighted by atomic mass is 10.2. The van der Waals surface area contributed by atoms with E-state index in [0.29, 0.717) is 5.69 Å². The van der Waals surface area contributed by atoms with Gasteiger partial charge < -0.3 is 10.3 Å². The second-order valence-corrected chi connectivity index (χ2v) is 2.78. The Morgan fingerprint density at radius 1 is 1.71 bits per heavy atom. The van der Waals surface area contributed by atoms with Crippen LogP contribution in [0, 0.1) is 19.3 Å².